The number of rotatable bonds is 3. The molecule has 1 heterocycles. The maximum absolute atomic E-state index is 13.0. The summed E-state index contributed by atoms with van der Waals surface area (Å²) in [6.45, 7) is 0. The number of hydrogen-bond acceptors (Lipinski definition) is 4. The Kier molecular flexibility index (Phi) is 3.19. The second-order valence-corrected chi connectivity index (χ2v) is 8.52. The molecule has 6 atom stereocenters. The zero-order valence-electron chi connectivity index (χ0n) is 13.2. The largest absolute Gasteiger partial charge is 0.296 e. The van der Waals surface area contributed by atoms with Crippen molar-refractivity contribution >= 4 is 40.8 Å². The molecule has 1 aliphatic heterocycles. The SMILES string of the molecule is O=CN(NC(=O)c1ccc(I)cc1)C(=O)[C@@]12N[C@H]1C1C=C[C@H]2[C@@H]2C[C@@H]12. The Morgan fingerprint density at radius 3 is 2.72 bits per heavy atom. The number of benzene rings is 1. The summed E-state index contributed by atoms with van der Waals surface area (Å²) in [5, 5.41) is 4.16. The van der Waals surface area contributed by atoms with Crippen molar-refractivity contribution < 1.29 is 14.4 Å². The van der Waals surface area contributed by atoms with E-state index in [0.29, 0.717) is 29.7 Å². The van der Waals surface area contributed by atoms with E-state index in [1.54, 1.807) is 24.3 Å². The lowest BCUT2D eigenvalue weighted by Gasteiger charge is -2.35. The highest BCUT2D eigenvalue weighted by molar-refractivity contribution is 14.1. The van der Waals surface area contributed by atoms with E-state index in [4.69, 9.17) is 0 Å². The standard InChI is InChI=1S/C18H16IN3O3/c19-10-3-1-9(2-4-10)16(24)21-22(8-23)17(25)18-14-6-5-11(15(18)20-18)12-7-13(12)14/h1-6,8,11-15,20H,7H2,(H,21,24)/t11?,12-,13+,14-,15-,18-/m0/s1. The number of nitrogens with one attached hydrogen (secondary N) is 2. The highest BCUT2D eigenvalue weighted by atomic mass is 127. The minimum Gasteiger partial charge on any atom is -0.296 e. The predicted molar refractivity (Wildman–Crippen MR) is 96.9 cm³/mol. The van der Waals surface area contributed by atoms with E-state index < -0.39 is 11.4 Å². The van der Waals surface area contributed by atoms with Crippen LogP contribution in [0.2, 0.25) is 0 Å². The van der Waals surface area contributed by atoms with Gasteiger partial charge in [0.2, 0.25) is 6.41 Å². The maximum atomic E-state index is 13.0. The minimum absolute atomic E-state index is 0.0939. The molecule has 6 nitrogen and oxygen atoms in total. The topological polar surface area (TPSA) is 88.4 Å². The first-order chi connectivity index (χ1) is 12.1. The van der Waals surface area contributed by atoms with E-state index >= 15 is 0 Å². The van der Waals surface area contributed by atoms with Gasteiger partial charge in [0.05, 0.1) is 0 Å². The Morgan fingerprint density at radius 1 is 1.24 bits per heavy atom. The number of hydrazine groups is 1. The van der Waals surface area contributed by atoms with Crippen LogP contribution in [0.3, 0.4) is 0 Å². The monoisotopic (exact) mass is 449 g/mol. The van der Waals surface area contributed by atoms with Gasteiger partial charge in [-0.15, -0.1) is 0 Å². The Hall–Kier alpha value is -1.74. The molecule has 0 radical (unpaired) electrons. The molecule has 1 aromatic carbocycles. The molecular formula is C18H16IN3O3. The Balaban J connectivity index is 1.36. The van der Waals surface area contributed by atoms with Crippen molar-refractivity contribution in [3.63, 3.8) is 0 Å². The van der Waals surface area contributed by atoms with Gasteiger partial charge < -0.3 is 0 Å². The van der Waals surface area contributed by atoms with Crippen molar-refractivity contribution in [1.29, 1.82) is 0 Å². The molecule has 25 heavy (non-hydrogen) atoms. The number of amides is 3. The second-order valence-electron chi connectivity index (χ2n) is 7.27. The molecule has 2 N–H and O–H groups in total. The average molecular weight is 449 g/mol. The first-order valence-electron chi connectivity index (χ1n) is 8.38. The molecule has 2 saturated carbocycles. The summed E-state index contributed by atoms with van der Waals surface area (Å²) in [5.74, 6) is 0.895. The molecule has 128 valence electrons. The molecule has 2 bridgehead atoms. The van der Waals surface area contributed by atoms with Crippen molar-refractivity contribution in [1.82, 2.24) is 15.8 Å². The Labute approximate surface area is 158 Å². The molecule has 3 fully saturated rings. The molecule has 7 heteroatoms. The van der Waals surface area contributed by atoms with Crippen molar-refractivity contribution in [3.05, 3.63) is 45.6 Å². The van der Waals surface area contributed by atoms with Crippen LogP contribution in [0.15, 0.2) is 36.4 Å². The molecule has 6 rings (SSSR count). The van der Waals surface area contributed by atoms with Gasteiger partial charge in [0, 0.05) is 21.1 Å². The van der Waals surface area contributed by atoms with Crippen molar-refractivity contribution in [2.45, 2.75) is 18.0 Å². The third kappa shape index (κ3) is 2.08. The summed E-state index contributed by atoms with van der Waals surface area (Å²) >= 11 is 2.15. The third-order valence-electron chi connectivity index (χ3n) is 6.11. The van der Waals surface area contributed by atoms with Crippen LogP contribution in [-0.2, 0) is 9.59 Å². The van der Waals surface area contributed by atoms with Crippen LogP contribution >= 0.6 is 22.6 Å². The zero-order valence-corrected chi connectivity index (χ0v) is 15.3. The molecular weight excluding hydrogens is 433 g/mol. The first-order valence-corrected chi connectivity index (χ1v) is 9.45. The molecule has 0 spiro atoms. The van der Waals surface area contributed by atoms with Gasteiger partial charge in [-0.1, -0.05) is 12.2 Å². The van der Waals surface area contributed by atoms with Crippen LogP contribution in [0.4, 0.5) is 0 Å². The quantitative estimate of drug-likeness (QED) is 0.238. The van der Waals surface area contributed by atoms with Crippen LogP contribution in [0.1, 0.15) is 16.8 Å². The highest BCUT2D eigenvalue weighted by Crippen LogP contribution is 2.67. The lowest BCUT2D eigenvalue weighted by Crippen LogP contribution is -2.56. The van der Waals surface area contributed by atoms with Gasteiger partial charge in [-0.25, -0.2) is 0 Å². The number of carbonyl (C=O) groups excluding carboxylic acids is 3. The molecule has 0 aromatic heterocycles. The molecule has 3 amide bonds. The van der Waals surface area contributed by atoms with E-state index in [-0.39, 0.29) is 17.9 Å². The van der Waals surface area contributed by atoms with Crippen molar-refractivity contribution in [3.8, 4) is 0 Å². The fourth-order valence-electron chi connectivity index (χ4n) is 4.83. The number of imide groups is 1. The maximum Gasteiger partial charge on any atom is 0.270 e. The van der Waals surface area contributed by atoms with E-state index in [1.165, 1.54) is 0 Å². The predicted octanol–water partition coefficient (Wildman–Crippen LogP) is 1.08. The molecule has 1 aromatic rings. The highest BCUT2D eigenvalue weighted by Gasteiger charge is 2.77. The summed E-state index contributed by atoms with van der Waals surface area (Å²) < 4.78 is 1.00. The number of carbonyl (C=O) groups is 3. The van der Waals surface area contributed by atoms with Gasteiger partial charge in [0.15, 0.2) is 0 Å². The first kappa shape index (κ1) is 15.5. The van der Waals surface area contributed by atoms with E-state index in [1.807, 2.05) is 0 Å². The van der Waals surface area contributed by atoms with Gasteiger partial charge in [-0.3, -0.25) is 25.1 Å². The molecule has 5 aliphatic rings. The summed E-state index contributed by atoms with van der Waals surface area (Å²) in [7, 11) is 0. The van der Waals surface area contributed by atoms with Gasteiger partial charge in [-0.05, 0) is 71.0 Å². The molecule has 1 saturated heterocycles. The molecule has 4 aliphatic carbocycles. The summed E-state index contributed by atoms with van der Waals surface area (Å²) in [4.78, 5) is 36.9. The fraction of sp³-hybridized carbons (Fsp3) is 0.389. The third-order valence-corrected chi connectivity index (χ3v) is 6.83. The van der Waals surface area contributed by atoms with Crippen molar-refractivity contribution in [2.24, 2.45) is 23.7 Å². The van der Waals surface area contributed by atoms with Gasteiger partial charge >= 0.3 is 0 Å². The van der Waals surface area contributed by atoms with E-state index in [2.05, 4.69) is 45.5 Å². The normalized spacial score (nSPS) is 38.4. The fourth-order valence-corrected chi connectivity index (χ4v) is 5.19. The zero-order chi connectivity index (χ0) is 17.3. The summed E-state index contributed by atoms with van der Waals surface area (Å²) in [6.07, 6.45) is 5.89. The smallest absolute Gasteiger partial charge is 0.270 e. The van der Waals surface area contributed by atoms with Crippen LogP contribution in [-0.4, -0.2) is 34.8 Å². The van der Waals surface area contributed by atoms with Crippen LogP contribution in [0.5, 0.6) is 0 Å². The van der Waals surface area contributed by atoms with Crippen LogP contribution < -0.4 is 10.7 Å². The Morgan fingerprint density at radius 2 is 2.00 bits per heavy atom. The summed E-state index contributed by atoms with van der Waals surface area (Å²) in [5.41, 5.74) is 2.15. The number of nitrogens with zero attached hydrogens (tertiary/aromatic N) is 1. The number of hydrogen-bond donors (Lipinski definition) is 2. The molecule has 1 unspecified atom stereocenters. The van der Waals surface area contributed by atoms with Gasteiger partial charge in [0.25, 0.3) is 11.8 Å². The number of halogens is 1. The van der Waals surface area contributed by atoms with Crippen molar-refractivity contribution in [2.75, 3.05) is 0 Å². The van der Waals surface area contributed by atoms with Gasteiger partial charge in [0.1, 0.15) is 5.54 Å². The van der Waals surface area contributed by atoms with E-state index in [9.17, 15) is 14.4 Å². The average Bonchev–Trinajstić information content (AvgIpc) is 3.51. The van der Waals surface area contributed by atoms with Crippen LogP contribution in [0.25, 0.3) is 0 Å². The van der Waals surface area contributed by atoms with Gasteiger partial charge in [-0.2, -0.15) is 5.01 Å². The Bertz CT molecular complexity index is 823. The lowest BCUT2D eigenvalue weighted by molar-refractivity contribution is -0.144. The lowest BCUT2D eigenvalue weighted by atomic mass is 9.68. The summed E-state index contributed by atoms with van der Waals surface area (Å²) in [6, 6.07) is 7.04. The van der Waals surface area contributed by atoms with Crippen LogP contribution in [0, 0.1) is 27.2 Å². The second kappa shape index (κ2) is 5.14. The minimum atomic E-state index is -0.711. The van der Waals surface area contributed by atoms with E-state index in [0.717, 1.165) is 15.0 Å².